The summed E-state index contributed by atoms with van der Waals surface area (Å²) in [5.41, 5.74) is 11.1. The third-order valence-corrected chi connectivity index (χ3v) is 14.8. The zero-order valence-electron chi connectivity index (χ0n) is 40.9. The van der Waals surface area contributed by atoms with Gasteiger partial charge in [-0.3, -0.25) is 9.59 Å². The minimum atomic E-state index is -0.994. The van der Waals surface area contributed by atoms with Crippen LogP contribution in [0.3, 0.4) is 0 Å². The molecule has 3 aromatic heterocycles. The number of aliphatic hydroxyl groups excluding tert-OH is 1. The SMILES string of the molecule is C=Cc1c2[nH]c(c1C)/C=C1\NC(C3=c4[nH]c(c(C)c4=C(O)[C@@H]3C(=O)OC)/C=c3\[nH]/c(c(C)c3CC)=C\2)[C@@H](CCC(=O)OC/C=C(/C)CCC[C@@H](C)CCC[C@H](C)CCCC(C)C)[C@@H]1C. The lowest BCUT2D eigenvalue weighted by atomic mass is 9.80. The number of esters is 2. The number of allylic oxidation sites excluding steroid dienone is 2. The molecule has 1 saturated heterocycles. The highest BCUT2D eigenvalue weighted by atomic mass is 16.5. The van der Waals surface area contributed by atoms with Crippen LogP contribution in [-0.4, -0.2) is 51.8 Å². The zero-order valence-corrected chi connectivity index (χ0v) is 40.9. The number of ether oxygens (including phenoxy) is 2. The molecule has 5 heterocycles. The lowest BCUT2D eigenvalue weighted by molar-refractivity contribution is -0.143. The van der Waals surface area contributed by atoms with E-state index in [0.717, 1.165) is 98.1 Å². The van der Waals surface area contributed by atoms with Gasteiger partial charge in [0.05, 0.1) is 18.5 Å². The molecule has 1 unspecified atom stereocenters. The predicted octanol–water partition coefficient (Wildman–Crippen LogP) is 9.37. The number of aromatic nitrogens is 3. The van der Waals surface area contributed by atoms with Crippen LogP contribution in [0, 0.1) is 56.3 Å². The Morgan fingerprint density at radius 1 is 0.844 bits per heavy atom. The Morgan fingerprint density at radius 2 is 1.50 bits per heavy atom. The summed E-state index contributed by atoms with van der Waals surface area (Å²) in [5, 5.41) is 19.1. The number of aromatic amines is 3. The summed E-state index contributed by atoms with van der Waals surface area (Å²) < 4.78 is 11.2. The molecule has 6 atom stereocenters. The molecule has 2 aliphatic heterocycles. The van der Waals surface area contributed by atoms with Crippen molar-refractivity contribution in [1.29, 1.82) is 0 Å². The van der Waals surface area contributed by atoms with Gasteiger partial charge in [-0.15, -0.1) is 0 Å². The van der Waals surface area contributed by atoms with Gasteiger partial charge in [0.1, 0.15) is 18.3 Å². The van der Waals surface area contributed by atoms with Crippen LogP contribution < -0.4 is 26.6 Å². The van der Waals surface area contributed by atoms with Crippen LogP contribution in [-0.2, 0) is 25.5 Å². The van der Waals surface area contributed by atoms with Crippen LogP contribution in [0.5, 0.6) is 0 Å². The fourth-order valence-corrected chi connectivity index (χ4v) is 10.7. The van der Waals surface area contributed by atoms with Crippen LogP contribution in [0.15, 0.2) is 23.9 Å². The smallest absolute Gasteiger partial charge is 0.320 e. The van der Waals surface area contributed by atoms with Gasteiger partial charge in [0.15, 0.2) is 0 Å². The summed E-state index contributed by atoms with van der Waals surface area (Å²) in [6, 6.07) is -0.395. The van der Waals surface area contributed by atoms with E-state index in [1.165, 1.54) is 68.8 Å². The summed E-state index contributed by atoms with van der Waals surface area (Å²) in [6.07, 6.45) is 23.3. The fraction of sp³-hybridized carbons (Fsp3) is 0.564. The molecule has 5 N–H and O–H groups in total. The molecule has 0 amide bonds. The third kappa shape index (κ3) is 10.6. The number of aliphatic hydroxyl groups is 1. The molecular weight excluding hydrogens is 797 g/mol. The van der Waals surface area contributed by atoms with Crippen molar-refractivity contribution in [3.63, 3.8) is 0 Å². The predicted molar refractivity (Wildman–Crippen MR) is 263 cm³/mol. The Morgan fingerprint density at radius 3 is 2.16 bits per heavy atom. The number of hydrogen-bond acceptors (Lipinski definition) is 6. The molecule has 3 aromatic rings. The minimum absolute atomic E-state index is 0.0153. The molecule has 9 nitrogen and oxygen atoms in total. The first-order chi connectivity index (χ1) is 30.6. The normalized spacial score (nSPS) is 22.0. The number of nitrogens with one attached hydrogen (secondary N) is 4. The number of carbonyl (C=O) groups excluding carboxylic acids is 2. The molecule has 1 fully saturated rings. The van der Waals surface area contributed by atoms with Crippen LogP contribution in [0.1, 0.15) is 164 Å². The molecule has 0 spiro atoms. The summed E-state index contributed by atoms with van der Waals surface area (Å²) in [6.45, 7) is 26.6. The lowest BCUT2D eigenvalue weighted by Crippen LogP contribution is -2.38. The van der Waals surface area contributed by atoms with E-state index in [1.807, 2.05) is 13.0 Å². The van der Waals surface area contributed by atoms with E-state index in [2.05, 4.69) is 113 Å². The molecule has 8 bridgehead atoms. The Balaban J connectivity index is 1.21. The summed E-state index contributed by atoms with van der Waals surface area (Å²) >= 11 is 0. The Bertz CT molecular complexity index is 2510. The van der Waals surface area contributed by atoms with Crippen molar-refractivity contribution in [2.75, 3.05) is 13.7 Å². The maximum Gasteiger partial charge on any atom is 0.320 e. The second-order valence-corrected chi connectivity index (χ2v) is 19.9. The molecule has 3 aliphatic rings. The van der Waals surface area contributed by atoms with Gasteiger partial charge in [0, 0.05) is 56.6 Å². The van der Waals surface area contributed by atoms with E-state index < -0.39 is 17.9 Å². The lowest BCUT2D eigenvalue weighted by Gasteiger charge is -2.26. The molecule has 0 aromatic carbocycles. The average Bonchev–Trinajstić information content (AvgIpc) is 3.99. The zero-order chi connectivity index (χ0) is 46.4. The molecule has 0 radical (unpaired) electrons. The molecule has 64 heavy (non-hydrogen) atoms. The number of carbonyl (C=O) groups is 2. The summed E-state index contributed by atoms with van der Waals surface area (Å²) in [5.74, 6) is 0.433. The number of fused-ring (bicyclic) bond motifs is 8. The maximum atomic E-state index is 13.7. The number of rotatable bonds is 20. The van der Waals surface area contributed by atoms with E-state index in [4.69, 9.17) is 9.47 Å². The van der Waals surface area contributed by atoms with E-state index >= 15 is 0 Å². The molecule has 348 valence electrons. The first kappa shape index (κ1) is 48.5. The van der Waals surface area contributed by atoms with Gasteiger partial charge in [-0.2, -0.15) is 0 Å². The average molecular weight is 875 g/mol. The first-order valence-electron chi connectivity index (χ1n) is 24.4. The van der Waals surface area contributed by atoms with Crippen LogP contribution in [0.25, 0.3) is 35.6 Å². The van der Waals surface area contributed by atoms with Crippen molar-refractivity contribution >= 4 is 47.6 Å². The molecule has 6 rings (SSSR count). The van der Waals surface area contributed by atoms with Gasteiger partial charge in [-0.05, 0) is 129 Å². The van der Waals surface area contributed by atoms with E-state index in [1.54, 1.807) is 0 Å². The summed E-state index contributed by atoms with van der Waals surface area (Å²) in [4.78, 5) is 38.2. The van der Waals surface area contributed by atoms with Crippen LogP contribution in [0.2, 0.25) is 0 Å². The molecule has 0 saturated carbocycles. The monoisotopic (exact) mass is 875 g/mol. The van der Waals surface area contributed by atoms with Gasteiger partial charge in [-0.25, -0.2) is 0 Å². The van der Waals surface area contributed by atoms with Crippen molar-refractivity contribution in [3.8, 4) is 0 Å². The minimum Gasteiger partial charge on any atom is -0.510 e. The topological polar surface area (TPSA) is 132 Å². The number of methoxy groups -OCH3 is 1. The largest absolute Gasteiger partial charge is 0.510 e. The number of H-pyrrole nitrogens is 3. The van der Waals surface area contributed by atoms with Crippen molar-refractivity contribution in [2.45, 2.75) is 152 Å². The van der Waals surface area contributed by atoms with E-state index in [0.29, 0.717) is 11.6 Å². The first-order valence-corrected chi connectivity index (χ1v) is 24.4. The van der Waals surface area contributed by atoms with Crippen LogP contribution >= 0.6 is 0 Å². The van der Waals surface area contributed by atoms with Gasteiger partial charge >= 0.3 is 11.9 Å². The van der Waals surface area contributed by atoms with Gasteiger partial charge in [-0.1, -0.05) is 105 Å². The molecule has 1 aliphatic carbocycles. The quantitative estimate of drug-likeness (QED) is 0.0568. The Labute approximate surface area is 382 Å². The van der Waals surface area contributed by atoms with Gasteiger partial charge in [0.2, 0.25) is 0 Å². The fourth-order valence-electron chi connectivity index (χ4n) is 10.7. The Hall–Kier alpha value is -4.92. The van der Waals surface area contributed by atoms with Crippen molar-refractivity contribution in [3.05, 3.63) is 90.1 Å². The highest BCUT2D eigenvalue weighted by molar-refractivity contribution is 5.95. The van der Waals surface area contributed by atoms with E-state index in [9.17, 15) is 14.7 Å². The second-order valence-electron chi connectivity index (χ2n) is 19.9. The van der Waals surface area contributed by atoms with Gasteiger partial charge < -0.3 is 34.8 Å². The molecule has 9 heteroatoms. The van der Waals surface area contributed by atoms with Crippen molar-refractivity contribution < 1.29 is 24.2 Å². The standard InChI is InChI=1S/C55H78N4O5/c1-13-39-35(8)42-28-44-37(10)41(24-25-48(60)64-27-26-34(7)23-17-22-33(6)21-16-20-32(5)19-15-18-31(3)4)52(58-44)50-51(55(62)63-12)54(61)49-38(11)45(59-53(49)50)30-47-40(14-2)36(9)43(57-47)29-46(39)56-42/h13,26,28-33,37,41,51-52,56-59,61H,1,14-25,27H2,2-12H3/b34-26-,43-29-,44-28-,47-30-/t32-,33+,37+,41+,51-,52?/m1/s1. The molecular formula is C55H78N4O5. The Kier molecular flexibility index (Phi) is 16.2. The van der Waals surface area contributed by atoms with Crippen molar-refractivity contribution in [2.24, 2.45) is 35.5 Å². The maximum absolute atomic E-state index is 13.7. The van der Waals surface area contributed by atoms with Crippen molar-refractivity contribution in [1.82, 2.24) is 20.3 Å². The number of hydrogen-bond donors (Lipinski definition) is 5. The van der Waals surface area contributed by atoms with Crippen LogP contribution in [0.4, 0.5) is 0 Å². The summed E-state index contributed by atoms with van der Waals surface area (Å²) in [7, 11) is 1.36. The third-order valence-electron chi connectivity index (χ3n) is 14.8. The second kappa shape index (κ2) is 21.4. The highest BCUT2D eigenvalue weighted by Crippen LogP contribution is 2.42. The van der Waals surface area contributed by atoms with E-state index in [-0.39, 0.29) is 36.6 Å². The highest BCUT2D eigenvalue weighted by Gasteiger charge is 2.47. The van der Waals surface area contributed by atoms with Gasteiger partial charge in [0.25, 0.3) is 0 Å².